The van der Waals surface area contributed by atoms with Crippen molar-refractivity contribution in [1.82, 2.24) is 5.32 Å². The van der Waals surface area contributed by atoms with Gasteiger partial charge in [0.2, 0.25) is 0 Å². The van der Waals surface area contributed by atoms with E-state index in [2.05, 4.69) is 12.2 Å². The van der Waals surface area contributed by atoms with E-state index in [0.717, 1.165) is 18.7 Å². The first kappa shape index (κ1) is 10.6. The zero-order valence-electron chi connectivity index (χ0n) is 9.17. The molecule has 1 N–H and O–H groups in total. The molecule has 0 bridgehead atoms. The molecule has 0 amide bonds. The molecular weight excluding hydrogens is 189 g/mol. The molecule has 15 heavy (non-hydrogen) atoms. The summed E-state index contributed by atoms with van der Waals surface area (Å²) in [5.74, 6) is 0.922. The second kappa shape index (κ2) is 4.75. The molecule has 82 valence electrons. The van der Waals surface area contributed by atoms with Crippen molar-refractivity contribution in [2.45, 2.75) is 25.7 Å². The Morgan fingerprint density at radius 3 is 2.87 bits per heavy atom. The summed E-state index contributed by atoms with van der Waals surface area (Å²) in [4.78, 5) is 0. The normalized spacial score (nSPS) is 25.7. The summed E-state index contributed by atoms with van der Waals surface area (Å²) in [6.07, 6.45) is 2.36. The Balaban J connectivity index is 2.19. The van der Waals surface area contributed by atoms with Crippen molar-refractivity contribution in [3.05, 3.63) is 35.6 Å². The van der Waals surface area contributed by atoms with Gasteiger partial charge in [-0.25, -0.2) is 4.39 Å². The second-order valence-corrected chi connectivity index (χ2v) is 4.34. The van der Waals surface area contributed by atoms with Crippen molar-refractivity contribution >= 4 is 0 Å². The zero-order valence-corrected chi connectivity index (χ0v) is 9.17. The molecule has 1 heterocycles. The molecule has 2 heteroatoms. The number of hydrogen-bond acceptors (Lipinski definition) is 1. The Morgan fingerprint density at radius 2 is 2.13 bits per heavy atom. The number of rotatable bonds is 3. The van der Waals surface area contributed by atoms with Gasteiger partial charge in [-0.2, -0.15) is 0 Å². The van der Waals surface area contributed by atoms with Gasteiger partial charge in [-0.05, 0) is 30.5 Å². The van der Waals surface area contributed by atoms with Crippen molar-refractivity contribution in [3.63, 3.8) is 0 Å². The van der Waals surface area contributed by atoms with Crippen LogP contribution < -0.4 is 5.32 Å². The lowest BCUT2D eigenvalue weighted by atomic mass is 9.86. The van der Waals surface area contributed by atoms with E-state index in [1.807, 2.05) is 12.1 Å². The monoisotopic (exact) mass is 207 g/mol. The van der Waals surface area contributed by atoms with Gasteiger partial charge in [0, 0.05) is 12.5 Å². The minimum absolute atomic E-state index is 0.0488. The third-order valence-corrected chi connectivity index (χ3v) is 3.30. The first-order valence-electron chi connectivity index (χ1n) is 5.78. The van der Waals surface area contributed by atoms with Crippen LogP contribution in [0.3, 0.4) is 0 Å². The summed E-state index contributed by atoms with van der Waals surface area (Å²) in [6, 6.07) is 7.18. The minimum Gasteiger partial charge on any atom is -0.316 e. The highest BCUT2D eigenvalue weighted by molar-refractivity contribution is 5.24. The predicted octanol–water partition coefficient (Wildman–Crippen LogP) is 2.93. The molecule has 1 aliphatic rings. The highest BCUT2D eigenvalue weighted by Crippen LogP contribution is 2.32. The fraction of sp³-hybridized carbons (Fsp3) is 0.538. The fourth-order valence-electron chi connectivity index (χ4n) is 2.55. The van der Waals surface area contributed by atoms with Gasteiger partial charge in [0.1, 0.15) is 5.82 Å². The Kier molecular flexibility index (Phi) is 3.37. The van der Waals surface area contributed by atoms with Gasteiger partial charge in [-0.3, -0.25) is 0 Å². The van der Waals surface area contributed by atoms with E-state index in [4.69, 9.17) is 0 Å². The maximum Gasteiger partial charge on any atom is 0.126 e. The molecule has 0 saturated carbocycles. The number of halogens is 1. The lowest BCUT2D eigenvalue weighted by Gasteiger charge is -2.18. The maximum atomic E-state index is 13.6. The molecule has 1 nitrogen and oxygen atoms in total. The van der Waals surface area contributed by atoms with Gasteiger partial charge in [0.15, 0.2) is 0 Å². The average Bonchev–Trinajstić information content (AvgIpc) is 2.67. The van der Waals surface area contributed by atoms with Crippen molar-refractivity contribution in [2.75, 3.05) is 13.1 Å². The van der Waals surface area contributed by atoms with Gasteiger partial charge in [-0.1, -0.05) is 31.5 Å². The molecule has 0 unspecified atom stereocenters. The molecule has 1 aromatic rings. The molecule has 2 rings (SSSR count). The molecule has 1 aromatic carbocycles. The molecule has 0 spiro atoms. The van der Waals surface area contributed by atoms with E-state index in [1.165, 1.54) is 12.8 Å². The summed E-state index contributed by atoms with van der Waals surface area (Å²) in [6.45, 7) is 4.15. The van der Waals surface area contributed by atoms with E-state index in [9.17, 15) is 4.39 Å². The fourth-order valence-corrected chi connectivity index (χ4v) is 2.55. The van der Waals surface area contributed by atoms with Crippen molar-refractivity contribution < 1.29 is 4.39 Å². The van der Waals surface area contributed by atoms with Crippen LogP contribution in [0.25, 0.3) is 0 Å². The second-order valence-electron chi connectivity index (χ2n) is 4.34. The summed E-state index contributed by atoms with van der Waals surface area (Å²) in [7, 11) is 0. The van der Waals surface area contributed by atoms with Crippen LogP contribution in [0.2, 0.25) is 0 Å². The van der Waals surface area contributed by atoms with Crippen LogP contribution in [0.1, 0.15) is 31.2 Å². The van der Waals surface area contributed by atoms with Gasteiger partial charge >= 0.3 is 0 Å². The standard InChI is InChI=1S/C13H18FN/c1-2-5-10-8-15-9-12(10)11-6-3-4-7-13(11)14/h3-4,6-7,10,12,15H,2,5,8-9H2,1H3/t10-,12+/m1/s1. The third kappa shape index (κ3) is 2.20. The number of nitrogens with one attached hydrogen (secondary N) is 1. The van der Waals surface area contributed by atoms with Crippen LogP contribution in [0.5, 0.6) is 0 Å². The first-order valence-corrected chi connectivity index (χ1v) is 5.78. The van der Waals surface area contributed by atoms with Crippen LogP contribution in [0.15, 0.2) is 24.3 Å². The number of benzene rings is 1. The Hall–Kier alpha value is -0.890. The summed E-state index contributed by atoms with van der Waals surface area (Å²) >= 11 is 0. The maximum absolute atomic E-state index is 13.6. The number of hydrogen-bond donors (Lipinski definition) is 1. The Bertz CT molecular complexity index is 324. The highest BCUT2D eigenvalue weighted by Gasteiger charge is 2.29. The van der Waals surface area contributed by atoms with E-state index in [1.54, 1.807) is 12.1 Å². The summed E-state index contributed by atoms with van der Waals surface area (Å²) in [5, 5.41) is 3.37. The molecule has 1 aliphatic heterocycles. The Labute approximate surface area is 90.7 Å². The van der Waals surface area contributed by atoms with Crippen LogP contribution >= 0.6 is 0 Å². The minimum atomic E-state index is -0.0488. The third-order valence-electron chi connectivity index (χ3n) is 3.30. The molecule has 2 atom stereocenters. The van der Waals surface area contributed by atoms with E-state index < -0.39 is 0 Å². The van der Waals surface area contributed by atoms with Crippen molar-refractivity contribution in [1.29, 1.82) is 0 Å². The quantitative estimate of drug-likeness (QED) is 0.803. The first-order chi connectivity index (χ1) is 7.33. The van der Waals surface area contributed by atoms with Crippen LogP contribution in [0.4, 0.5) is 4.39 Å². The summed E-state index contributed by atoms with van der Waals surface area (Å²) in [5.41, 5.74) is 0.890. The SMILES string of the molecule is CCC[C@@H]1CNC[C@@H]1c1ccccc1F. The molecule has 1 saturated heterocycles. The van der Waals surface area contributed by atoms with Crippen molar-refractivity contribution in [2.24, 2.45) is 5.92 Å². The molecular formula is C13H18FN. The van der Waals surface area contributed by atoms with Gasteiger partial charge in [0.25, 0.3) is 0 Å². The molecule has 0 radical (unpaired) electrons. The van der Waals surface area contributed by atoms with E-state index in [0.29, 0.717) is 11.8 Å². The average molecular weight is 207 g/mol. The predicted molar refractivity (Wildman–Crippen MR) is 60.4 cm³/mol. The van der Waals surface area contributed by atoms with Crippen LogP contribution in [0, 0.1) is 11.7 Å². The van der Waals surface area contributed by atoms with Gasteiger partial charge < -0.3 is 5.32 Å². The molecule has 0 aromatic heterocycles. The lowest BCUT2D eigenvalue weighted by Crippen LogP contribution is -2.11. The van der Waals surface area contributed by atoms with E-state index >= 15 is 0 Å². The largest absolute Gasteiger partial charge is 0.316 e. The Morgan fingerprint density at radius 1 is 1.33 bits per heavy atom. The smallest absolute Gasteiger partial charge is 0.126 e. The van der Waals surface area contributed by atoms with Crippen LogP contribution in [-0.4, -0.2) is 13.1 Å². The van der Waals surface area contributed by atoms with Gasteiger partial charge in [-0.15, -0.1) is 0 Å². The molecule has 0 aliphatic carbocycles. The topological polar surface area (TPSA) is 12.0 Å². The summed E-state index contributed by atoms with van der Waals surface area (Å²) < 4.78 is 13.6. The highest BCUT2D eigenvalue weighted by atomic mass is 19.1. The van der Waals surface area contributed by atoms with Crippen molar-refractivity contribution in [3.8, 4) is 0 Å². The van der Waals surface area contributed by atoms with Crippen LogP contribution in [-0.2, 0) is 0 Å². The lowest BCUT2D eigenvalue weighted by molar-refractivity contribution is 0.458. The zero-order chi connectivity index (χ0) is 10.7. The van der Waals surface area contributed by atoms with E-state index in [-0.39, 0.29) is 5.82 Å². The molecule has 1 fully saturated rings. The van der Waals surface area contributed by atoms with Gasteiger partial charge in [0.05, 0.1) is 0 Å².